The number of H-pyrrole nitrogens is 1. The molecule has 160 valence electrons. The van der Waals surface area contributed by atoms with Crippen LogP contribution >= 0.6 is 15.9 Å². The van der Waals surface area contributed by atoms with Crippen molar-refractivity contribution in [1.29, 1.82) is 0 Å². The zero-order valence-electron chi connectivity index (χ0n) is 16.6. The van der Waals surface area contributed by atoms with Gasteiger partial charge in [0.05, 0.1) is 17.7 Å². The molecule has 5 heterocycles. The molecule has 0 saturated heterocycles. The lowest BCUT2D eigenvalue weighted by Gasteiger charge is -2.33. The molecule has 2 N–H and O–H groups in total. The number of nitrogens with zero attached hydrogens (tertiary/aromatic N) is 5. The average molecular weight is 489 g/mol. The van der Waals surface area contributed by atoms with Gasteiger partial charge in [-0.3, -0.25) is 4.79 Å². The number of amides is 1. The van der Waals surface area contributed by atoms with Crippen molar-refractivity contribution in [1.82, 2.24) is 29.5 Å². The first-order valence-electron chi connectivity index (χ1n) is 9.60. The summed E-state index contributed by atoms with van der Waals surface area (Å²) in [6.07, 6.45) is 3.77. The third-order valence-electron chi connectivity index (χ3n) is 5.24. The molecule has 0 radical (unpaired) electrons. The second-order valence-corrected chi connectivity index (χ2v) is 8.62. The number of carbonyl (C=O) groups is 1. The molecule has 4 aromatic heterocycles. The maximum atomic E-state index is 14.3. The molecule has 0 aromatic carbocycles. The van der Waals surface area contributed by atoms with E-state index in [0.29, 0.717) is 29.9 Å². The molecule has 0 spiro atoms. The van der Waals surface area contributed by atoms with Crippen LogP contribution in [0.15, 0.2) is 39.7 Å². The molecular formula is C20H18BrFN6O3. The number of oxazole rings is 1. The molecule has 31 heavy (non-hydrogen) atoms. The Kier molecular flexibility index (Phi) is 4.48. The van der Waals surface area contributed by atoms with Crippen molar-refractivity contribution in [3.63, 3.8) is 0 Å². The highest BCUT2D eigenvalue weighted by Gasteiger charge is 2.39. The molecule has 0 unspecified atom stereocenters. The SMILES string of the molecule is CC(C)(O)c1nc(Br)c(C(=O)N2CCc3[nH]cnc3[C@H]2c2cc3c(F)cccn3n2)o1. The third-order valence-corrected chi connectivity index (χ3v) is 5.78. The number of aromatic nitrogens is 5. The van der Waals surface area contributed by atoms with Crippen LogP contribution in [0.3, 0.4) is 0 Å². The summed E-state index contributed by atoms with van der Waals surface area (Å²) in [7, 11) is 0. The number of halogens is 2. The summed E-state index contributed by atoms with van der Waals surface area (Å²) in [5, 5.41) is 14.7. The van der Waals surface area contributed by atoms with Gasteiger partial charge in [0.15, 0.2) is 4.60 Å². The van der Waals surface area contributed by atoms with Gasteiger partial charge in [-0.2, -0.15) is 5.10 Å². The Bertz CT molecular complexity index is 1300. The monoisotopic (exact) mass is 488 g/mol. The minimum absolute atomic E-state index is 0.0199. The van der Waals surface area contributed by atoms with Crippen molar-refractivity contribution in [3.8, 4) is 0 Å². The van der Waals surface area contributed by atoms with Gasteiger partial charge in [0.2, 0.25) is 11.7 Å². The van der Waals surface area contributed by atoms with Crippen molar-refractivity contribution < 1.29 is 18.7 Å². The van der Waals surface area contributed by atoms with Crippen LogP contribution in [0.5, 0.6) is 0 Å². The third kappa shape index (κ3) is 3.24. The van der Waals surface area contributed by atoms with Crippen LogP contribution in [0.4, 0.5) is 4.39 Å². The summed E-state index contributed by atoms with van der Waals surface area (Å²) in [6.45, 7) is 3.40. The molecule has 1 atom stereocenters. The van der Waals surface area contributed by atoms with Crippen molar-refractivity contribution in [3.05, 3.63) is 69.9 Å². The van der Waals surface area contributed by atoms with Gasteiger partial charge in [0, 0.05) is 24.9 Å². The van der Waals surface area contributed by atoms with E-state index in [-0.39, 0.29) is 16.3 Å². The van der Waals surface area contributed by atoms with Crippen molar-refractivity contribution >= 4 is 27.4 Å². The lowest BCUT2D eigenvalue weighted by atomic mass is 9.99. The van der Waals surface area contributed by atoms with Gasteiger partial charge >= 0.3 is 0 Å². The number of carbonyl (C=O) groups excluding carboxylic acids is 1. The fraction of sp³-hybridized carbons (Fsp3) is 0.300. The molecule has 1 aliphatic heterocycles. The van der Waals surface area contributed by atoms with E-state index < -0.39 is 23.4 Å². The summed E-state index contributed by atoms with van der Waals surface area (Å²) < 4.78 is 21.5. The number of pyridine rings is 1. The zero-order valence-corrected chi connectivity index (χ0v) is 18.2. The van der Waals surface area contributed by atoms with Gasteiger partial charge in [-0.15, -0.1) is 0 Å². The molecule has 9 nitrogen and oxygen atoms in total. The Balaban J connectivity index is 1.61. The Hall–Kier alpha value is -3.05. The quantitative estimate of drug-likeness (QED) is 0.458. The summed E-state index contributed by atoms with van der Waals surface area (Å²) in [5.41, 5.74) is 0.960. The van der Waals surface area contributed by atoms with E-state index in [1.807, 2.05) is 0 Å². The smallest absolute Gasteiger partial charge is 0.293 e. The van der Waals surface area contributed by atoms with Crippen LogP contribution in [0.1, 0.15) is 53.4 Å². The molecular weight excluding hydrogens is 471 g/mol. The van der Waals surface area contributed by atoms with E-state index in [0.717, 1.165) is 5.69 Å². The number of rotatable bonds is 3. The summed E-state index contributed by atoms with van der Waals surface area (Å²) in [5.74, 6) is -0.862. The lowest BCUT2D eigenvalue weighted by molar-refractivity contribution is 0.0440. The normalized spacial score (nSPS) is 16.7. The lowest BCUT2D eigenvalue weighted by Crippen LogP contribution is -2.41. The Morgan fingerprint density at radius 2 is 2.26 bits per heavy atom. The maximum Gasteiger partial charge on any atom is 0.293 e. The molecule has 0 fully saturated rings. The Morgan fingerprint density at radius 1 is 1.45 bits per heavy atom. The zero-order chi connectivity index (χ0) is 21.9. The van der Waals surface area contributed by atoms with Crippen LogP contribution in [-0.4, -0.2) is 47.0 Å². The van der Waals surface area contributed by atoms with Gasteiger partial charge in [0.25, 0.3) is 5.91 Å². The van der Waals surface area contributed by atoms with Crippen LogP contribution in [0.25, 0.3) is 5.52 Å². The summed E-state index contributed by atoms with van der Waals surface area (Å²) in [6, 6.07) is 3.88. The minimum Gasteiger partial charge on any atom is -0.431 e. The van der Waals surface area contributed by atoms with Gasteiger partial charge < -0.3 is 19.4 Å². The van der Waals surface area contributed by atoms with E-state index in [1.165, 1.54) is 24.4 Å². The standard InChI is InChI=1S/C20H18BrFN6O3/c1-20(2,30)19-25-17(21)16(31-19)18(29)27-7-5-11-14(24-9-23-11)15(27)12-8-13-10(22)4-3-6-28(13)26-12/h3-4,6,8-9,15,30H,5,7H2,1-2H3,(H,23,24)/t15-/m1/s1. The summed E-state index contributed by atoms with van der Waals surface area (Å²) in [4.78, 5) is 26.7. The number of aromatic amines is 1. The number of hydrogen-bond acceptors (Lipinski definition) is 6. The van der Waals surface area contributed by atoms with E-state index in [4.69, 9.17) is 4.42 Å². The van der Waals surface area contributed by atoms with Crippen LogP contribution < -0.4 is 0 Å². The molecule has 0 bridgehead atoms. The van der Waals surface area contributed by atoms with Crippen LogP contribution in [0, 0.1) is 5.82 Å². The topological polar surface area (TPSA) is 113 Å². The fourth-order valence-electron chi connectivity index (χ4n) is 3.75. The molecule has 1 aliphatic rings. The van der Waals surface area contributed by atoms with E-state index in [2.05, 4.69) is 36.0 Å². The number of hydrogen-bond donors (Lipinski definition) is 2. The first kappa shape index (κ1) is 19.9. The minimum atomic E-state index is -1.35. The average Bonchev–Trinajstić information content (AvgIpc) is 3.44. The first-order valence-corrected chi connectivity index (χ1v) is 10.4. The number of fused-ring (bicyclic) bond motifs is 2. The maximum absolute atomic E-state index is 14.3. The van der Waals surface area contributed by atoms with Gasteiger partial charge in [-0.05, 0) is 48.0 Å². The van der Waals surface area contributed by atoms with E-state index in [1.54, 1.807) is 29.6 Å². The Morgan fingerprint density at radius 3 is 2.97 bits per heavy atom. The van der Waals surface area contributed by atoms with Crippen molar-refractivity contribution in [2.45, 2.75) is 31.9 Å². The van der Waals surface area contributed by atoms with Gasteiger partial charge in [0.1, 0.15) is 23.0 Å². The highest BCUT2D eigenvalue weighted by molar-refractivity contribution is 9.10. The predicted molar refractivity (Wildman–Crippen MR) is 110 cm³/mol. The molecule has 11 heteroatoms. The number of aliphatic hydroxyl groups is 1. The molecule has 0 aliphatic carbocycles. The van der Waals surface area contributed by atoms with Crippen molar-refractivity contribution in [2.24, 2.45) is 0 Å². The van der Waals surface area contributed by atoms with E-state index in [9.17, 15) is 14.3 Å². The fourth-order valence-corrected chi connectivity index (χ4v) is 4.17. The highest BCUT2D eigenvalue weighted by atomic mass is 79.9. The Labute approximate surface area is 184 Å². The number of imidazole rings is 1. The first-order chi connectivity index (χ1) is 14.7. The highest BCUT2D eigenvalue weighted by Crippen LogP contribution is 2.36. The molecule has 0 saturated carbocycles. The largest absolute Gasteiger partial charge is 0.431 e. The molecule has 1 amide bonds. The predicted octanol–water partition coefficient (Wildman–Crippen LogP) is 2.96. The molecule has 5 rings (SSSR count). The van der Waals surface area contributed by atoms with Crippen LogP contribution in [0.2, 0.25) is 0 Å². The van der Waals surface area contributed by atoms with Crippen molar-refractivity contribution in [2.75, 3.05) is 6.54 Å². The summed E-state index contributed by atoms with van der Waals surface area (Å²) >= 11 is 3.26. The molecule has 4 aromatic rings. The van der Waals surface area contributed by atoms with Gasteiger partial charge in [-0.1, -0.05) is 0 Å². The van der Waals surface area contributed by atoms with Gasteiger partial charge in [-0.25, -0.2) is 18.9 Å². The van der Waals surface area contributed by atoms with Crippen LogP contribution in [-0.2, 0) is 12.0 Å². The second kappa shape index (κ2) is 6.99. The second-order valence-electron chi connectivity index (χ2n) is 7.87. The van der Waals surface area contributed by atoms with E-state index >= 15 is 0 Å². The number of nitrogens with one attached hydrogen (secondary N) is 1.